The van der Waals surface area contributed by atoms with Crippen molar-refractivity contribution < 1.29 is 14.6 Å². The van der Waals surface area contributed by atoms with Crippen LogP contribution in [0.15, 0.2) is 85.1 Å². The fourth-order valence-corrected chi connectivity index (χ4v) is 4.96. The molecular formula is C31H30N2O3. The number of carbonyl (C=O) groups is 1. The molecule has 5 nitrogen and oxygen atoms in total. The van der Waals surface area contributed by atoms with E-state index in [1.165, 1.54) is 16.7 Å². The Labute approximate surface area is 211 Å². The van der Waals surface area contributed by atoms with Crippen molar-refractivity contribution in [2.75, 3.05) is 6.61 Å². The highest BCUT2D eigenvalue weighted by Crippen LogP contribution is 2.36. The van der Waals surface area contributed by atoms with E-state index in [0.717, 1.165) is 66.0 Å². The Bertz CT molecular complexity index is 1410. The van der Waals surface area contributed by atoms with Crippen LogP contribution in [0.3, 0.4) is 0 Å². The Balaban J connectivity index is 1.62. The standard InChI is InChI=1S/C31H30N2O3/c1-2-27(23-8-4-3-5-9-23)31(24-14-11-22(12-15-24)13-18-30(34)35)25-16-17-28-26(20-25)21-32-33(28)29-10-6-7-19-36-29/h3-5,8-9,11-18,20-21,29H,2,6-7,10,19H2,1H3,(H,34,35)/b18-13+,31-27+. The third kappa shape index (κ3) is 5.02. The summed E-state index contributed by atoms with van der Waals surface area (Å²) in [6.45, 7) is 2.97. The molecule has 0 bridgehead atoms. The first kappa shape index (κ1) is 23.8. The molecule has 0 radical (unpaired) electrons. The Morgan fingerprint density at radius 3 is 2.50 bits per heavy atom. The number of nitrogens with zero attached hydrogens (tertiary/aromatic N) is 2. The lowest BCUT2D eigenvalue weighted by Crippen LogP contribution is -2.18. The number of carboxylic acid groups (broad SMARTS) is 1. The Morgan fingerprint density at radius 2 is 1.81 bits per heavy atom. The van der Waals surface area contributed by atoms with Gasteiger partial charge in [-0.3, -0.25) is 0 Å². The van der Waals surface area contributed by atoms with Gasteiger partial charge < -0.3 is 9.84 Å². The zero-order valence-corrected chi connectivity index (χ0v) is 20.4. The molecule has 0 saturated carbocycles. The van der Waals surface area contributed by atoms with Crippen molar-refractivity contribution in [3.63, 3.8) is 0 Å². The molecule has 0 aliphatic carbocycles. The molecule has 1 aromatic heterocycles. The molecule has 1 N–H and O–H groups in total. The van der Waals surface area contributed by atoms with Gasteiger partial charge in [0.1, 0.15) is 0 Å². The second-order valence-corrected chi connectivity index (χ2v) is 9.05. The van der Waals surface area contributed by atoms with Gasteiger partial charge in [0.2, 0.25) is 0 Å². The molecule has 3 aromatic carbocycles. The third-order valence-corrected chi connectivity index (χ3v) is 6.71. The second kappa shape index (κ2) is 10.8. The summed E-state index contributed by atoms with van der Waals surface area (Å²) < 4.78 is 8.00. The lowest BCUT2D eigenvalue weighted by Gasteiger charge is -2.23. The van der Waals surface area contributed by atoms with Gasteiger partial charge >= 0.3 is 5.97 Å². The van der Waals surface area contributed by atoms with Crippen LogP contribution < -0.4 is 0 Å². The molecule has 1 aliphatic heterocycles. The highest BCUT2D eigenvalue weighted by Gasteiger charge is 2.20. The maximum Gasteiger partial charge on any atom is 0.328 e. The number of allylic oxidation sites excluding steroid dienone is 1. The monoisotopic (exact) mass is 478 g/mol. The fourth-order valence-electron chi connectivity index (χ4n) is 4.96. The van der Waals surface area contributed by atoms with E-state index < -0.39 is 5.97 Å². The maximum absolute atomic E-state index is 10.9. The molecule has 2 heterocycles. The van der Waals surface area contributed by atoms with Crippen molar-refractivity contribution in [1.29, 1.82) is 0 Å². The van der Waals surface area contributed by atoms with E-state index >= 15 is 0 Å². The maximum atomic E-state index is 10.9. The van der Waals surface area contributed by atoms with Crippen molar-refractivity contribution in [3.05, 3.63) is 107 Å². The Hall–Kier alpha value is -3.96. The van der Waals surface area contributed by atoms with Crippen molar-refractivity contribution in [3.8, 4) is 0 Å². The molecule has 0 amide bonds. The van der Waals surface area contributed by atoms with Crippen LogP contribution in [-0.2, 0) is 9.53 Å². The fraction of sp³-hybridized carbons (Fsp3) is 0.226. The van der Waals surface area contributed by atoms with E-state index in [0.29, 0.717) is 0 Å². The molecule has 1 atom stereocenters. The van der Waals surface area contributed by atoms with Crippen molar-refractivity contribution in [2.24, 2.45) is 0 Å². The summed E-state index contributed by atoms with van der Waals surface area (Å²) in [6.07, 6.45) is 8.83. The first-order valence-electron chi connectivity index (χ1n) is 12.5. The van der Waals surface area contributed by atoms with Crippen LogP contribution in [-0.4, -0.2) is 27.5 Å². The first-order valence-corrected chi connectivity index (χ1v) is 12.5. The van der Waals surface area contributed by atoms with E-state index in [1.807, 2.05) is 29.1 Å². The predicted molar refractivity (Wildman–Crippen MR) is 144 cm³/mol. The number of aromatic nitrogens is 2. The Morgan fingerprint density at radius 1 is 1.03 bits per heavy atom. The molecule has 182 valence electrons. The predicted octanol–water partition coefficient (Wildman–Crippen LogP) is 7.20. The SMILES string of the molecule is CC/C(=C(/c1ccc(/C=C/C(=O)O)cc1)c1ccc2c(cnn2C2CCCCO2)c1)c1ccccc1. The van der Waals surface area contributed by atoms with Gasteiger partial charge in [-0.15, -0.1) is 0 Å². The number of aliphatic carboxylic acids is 1. The highest BCUT2D eigenvalue weighted by atomic mass is 16.5. The van der Waals surface area contributed by atoms with Crippen LogP contribution in [0, 0.1) is 0 Å². The van der Waals surface area contributed by atoms with E-state index in [4.69, 9.17) is 9.84 Å². The third-order valence-electron chi connectivity index (χ3n) is 6.71. The summed E-state index contributed by atoms with van der Waals surface area (Å²) in [5, 5.41) is 14.7. The van der Waals surface area contributed by atoms with Gasteiger partial charge in [0.15, 0.2) is 6.23 Å². The smallest absolute Gasteiger partial charge is 0.328 e. The second-order valence-electron chi connectivity index (χ2n) is 9.05. The van der Waals surface area contributed by atoms with Crippen molar-refractivity contribution in [1.82, 2.24) is 9.78 Å². The average Bonchev–Trinajstić information content (AvgIpc) is 3.35. The zero-order valence-electron chi connectivity index (χ0n) is 20.4. The number of rotatable bonds is 7. The lowest BCUT2D eigenvalue weighted by atomic mass is 9.87. The van der Waals surface area contributed by atoms with Crippen molar-refractivity contribution in [2.45, 2.75) is 38.8 Å². The number of hydrogen-bond donors (Lipinski definition) is 1. The lowest BCUT2D eigenvalue weighted by molar-refractivity contribution is -0.131. The molecule has 5 rings (SSSR count). The number of hydrogen-bond acceptors (Lipinski definition) is 3. The summed E-state index contributed by atoms with van der Waals surface area (Å²) in [6, 6.07) is 25.1. The topological polar surface area (TPSA) is 64.3 Å². The van der Waals surface area contributed by atoms with Gasteiger partial charge in [0.05, 0.1) is 11.7 Å². The van der Waals surface area contributed by atoms with E-state index in [1.54, 1.807) is 6.08 Å². The van der Waals surface area contributed by atoms with Crippen LogP contribution >= 0.6 is 0 Å². The first-order chi connectivity index (χ1) is 17.6. The minimum atomic E-state index is -0.954. The minimum Gasteiger partial charge on any atom is -0.478 e. The number of ether oxygens (including phenoxy) is 1. The highest BCUT2D eigenvalue weighted by molar-refractivity contribution is 6.00. The van der Waals surface area contributed by atoms with Gasteiger partial charge in [-0.1, -0.05) is 67.6 Å². The average molecular weight is 479 g/mol. The molecule has 1 unspecified atom stereocenters. The number of fused-ring (bicyclic) bond motifs is 1. The van der Waals surface area contributed by atoms with Gasteiger partial charge in [-0.25, -0.2) is 9.48 Å². The molecule has 5 heteroatoms. The molecule has 36 heavy (non-hydrogen) atoms. The van der Waals surface area contributed by atoms with E-state index in [-0.39, 0.29) is 6.23 Å². The molecule has 1 aliphatic rings. The van der Waals surface area contributed by atoms with Crippen LogP contribution in [0.2, 0.25) is 0 Å². The van der Waals surface area contributed by atoms with Gasteiger partial charge in [-0.05, 0) is 77.3 Å². The molecule has 1 saturated heterocycles. The largest absolute Gasteiger partial charge is 0.478 e. The summed E-state index contributed by atoms with van der Waals surface area (Å²) in [7, 11) is 0. The minimum absolute atomic E-state index is 0.000893. The Kier molecular flexibility index (Phi) is 7.10. The normalized spacial score (nSPS) is 16.9. The van der Waals surface area contributed by atoms with Gasteiger partial charge in [-0.2, -0.15) is 5.10 Å². The van der Waals surface area contributed by atoms with Gasteiger partial charge in [0.25, 0.3) is 0 Å². The van der Waals surface area contributed by atoms with Crippen molar-refractivity contribution >= 4 is 34.1 Å². The molecule has 4 aromatic rings. The zero-order chi connectivity index (χ0) is 24.9. The van der Waals surface area contributed by atoms with E-state index in [2.05, 4.69) is 66.6 Å². The summed E-state index contributed by atoms with van der Waals surface area (Å²) in [5.41, 5.74) is 7.76. The summed E-state index contributed by atoms with van der Waals surface area (Å²) in [4.78, 5) is 10.9. The summed E-state index contributed by atoms with van der Waals surface area (Å²) in [5.74, 6) is -0.954. The molecule has 0 spiro atoms. The number of carboxylic acids is 1. The van der Waals surface area contributed by atoms with Crippen LogP contribution in [0.5, 0.6) is 0 Å². The number of benzene rings is 3. The quantitative estimate of drug-likeness (QED) is 0.225. The molecule has 1 fully saturated rings. The van der Waals surface area contributed by atoms with Crippen LogP contribution in [0.25, 0.3) is 28.1 Å². The van der Waals surface area contributed by atoms with Crippen LogP contribution in [0.1, 0.15) is 61.1 Å². The summed E-state index contributed by atoms with van der Waals surface area (Å²) >= 11 is 0. The van der Waals surface area contributed by atoms with E-state index in [9.17, 15) is 4.79 Å². The van der Waals surface area contributed by atoms with Gasteiger partial charge in [0, 0.05) is 18.1 Å². The molecular weight excluding hydrogens is 448 g/mol. The van der Waals surface area contributed by atoms with Crippen LogP contribution in [0.4, 0.5) is 0 Å².